The van der Waals surface area contributed by atoms with Crippen LogP contribution >= 0.6 is 12.4 Å². The van der Waals surface area contributed by atoms with Crippen LogP contribution in [0.3, 0.4) is 0 Å². The lowest BCUT2D eigenvalue weighted by atomic mass is 10.0. The lowest BCUT2D eigenvalue weighted by Gasteiger charge is -2.15. The fourth-order valence-corrected chi connectivity index (χ4v) is 1.27. The summed E-state index contributed by atoms with van der Waals surface area (Å²) in [5.74, 6) is -0.109. The number of hydrogen-bond acceptors (Lipinski definition) is 3. The van der Waals surface area contributed by atoms with Gasteiger partial charge in [0, 0.05) is 12.6 Å². The van der Waals surface area contributed by atoms with Gasteiger partial charge in [-0.15, -0.1) is 12.4 Å². The van der Waals surface area contributed by atoms with Gasteiger partial charge < -0.3 is 16.2 Å². The standard InChI is InChI=1S/C11H16N2O2.ClH/c1-7(14)11(12)9-3-5-10(6-4-9)13-8(2)15;/h3-7,11,14H,12H2,1-2H3,(H,13,15);1H/t7-,11-;/m0./s1. The van der Waals surface area contributed by atoms with E-state index in [4.69, 9.17) is 5.73 Å². The normalized spacial score (nSPS) is 13.5. The molecular formula is C11H17ClN2O2. The van der Waals surface area contributed by atoms with Gasteiger partial charge in [0.05, 0.1) is 12.1 Å². The summed E-state index contributed by atoms with van der Waals surface area (Å²) in [6, 6.07) is 6.72. The van der Waals surface area contributed by atoms with Crippen molar-refractivity contribution in [3.05, 3.63) is 29.8 Å². The molecule has 0 radical (unpaired) electrons. The number of halogens is 1. The van der Waals surface area contributed by atoms with Crippen molar-refractivity contribution in [2.75, 3.05) is 5.32 Å². The van der Waals surface area contributed by atoms with Gasteiger partial charge in [-0.05, 0) is 24.6 Å². The van der Waals surface area contributed by atoms with Crippen molar-refractivity contribution in [3.63, 3.8) is 0 Å². The van der Waals surface area contributed by atoms with Crippen molar-refractivity contribution >= 4 is 24.0 Å². The third-order valence-electron chi connectivity index (χ3n) is 2.14. The molecule has 0 heterocycles. The van der Waals surface area contributed by atoms with E-state index in [1.165, 1.54) is 6.92 Å². The van der Waals surface area contributed by atoms with Crippen LogP contribution in [0.4, 0.5) is 5.69 Å². The molecule has 0 aliphatic carbocycles. The summed E-state index contributed by atoms with van der Waals surface area (Å²) >= 11 is 0. The fourth-order valence-electron chi connectivity index (χ4n) is 1.27. The van der Waals surface area contributed by atoms with Crippen LogP contribution in [0, 0.1) is 0 Å². The molecule has 0 bridgehead atoms. The molecule has 2 atom stereocenters. The van der Waals surface area contributed by atoms with Gasteiger partial charge in [0.25, 0.3) is 0 Å². The number of nitrogens with one attached hydrogen (secondary N) is 1. The van der Waals surface area contributed by atoms with E-state index in [0.29, 0.717) is 0 Å². The molecule has 0 aliphatic heterocycles. The van der Waals surface area contributed by atoms with Gasteiger partial charge in [-0.3, -0.25) is 4.79 Å². The lowest BCUT2D eigenvalue weighted by molar-refractivity contribution is -0.114. The second kappa shape index (κ2) is 6.48. The number of carbonyl (C=O) groups excluding carboxylic acids is 1. The van der Waals surface area contributed by atoms with E-state index in [2.05, 4.69) is 5.32 Å². The number of hydrogen-bond donors (Lipinski definition) is 3. The van der Waals surface area contributed by atoms with Crippen molar-refractivity contribution < 1.29 is 9.90 Å². The fraction of sp³-hybridized carbons (Fsp3) is 0.364. The summed E-state index contributed by atoms with van der Waals surface area (Å²) in [5.41, 5.74) is 7.32. The summed E-state index contributed by atoms with van der Waals surface area (Å²) in [4.78, 5) is 10.8. The Labute approximate surface area is 101 Å². The predicted octanol–water partition coefficient (Wildman–Crippen LogP) is 1.45. The first-order chi connectivity index (χ1) is 7.00. The summed E-state index contributed by atoms with van der Waals surface area (Å²) < 4.78 is 0. The van der Waals surface area contributed by atoms with E-state index in [1.54, 1.807) is 31.2 Å². The molecule has 1 amide bonds. The zero-order valence-corrected chi connectivity index (χ0v) is 10.1. The van der Waals surface area contributed by atoms with Crippen LogP contribution < -0.4 is 11.1 Å². The molecule has 0 spiro atoms. The maximum Gasteiger partial charge on any atom is 0.221 e. The minimum Gasteiger partial charge on any atom is -0.391 e. The van der Waals surface area contributed by atoms with E-state index in [9.17, 15) is 9.90 Å². The smallest absolute Gasteiger partial charge is 0.221 e. The summed E-state index contributed by atoms with van der Waals surface area (Å²) in [6.45, 7) is 3.10. The Balaban J connectivity index is 0.00000225. The molecule has 0 unspecified atom stereocenters. The van der Waals surface area contributed by atoms with Gasteiger partial charge in [-0.25, -0.2) is 0 Å². The number of amides is 1. The summed E-state index contributed by atoms with van der Waals surface area (Å²) in [5, 5.41) is 12.0. The SMILES string of the molecule is CC(=O)Nc1ccc([C@@H](N)[C@H](C)O)cc1.Cl. The van der Waals surface area contributed by atoms with Crippen molar-refractivity contribution in [2.45, 2.75) is 26.0 Å². The topological polar surface area (TPSA) is 75.4 Å². The highest BCUT2D eigenvalue weighted by atomic mass is 35.5. The monoisotopic (exact) mass is 244 g/mol. The largest absolute Gasteiger partial charge is 0.391 e. The van der Waals surface area contributed by atoms with Gasteiger partial charge in [0.15, 0.2) is 0 Å². The van der Waals surface area contributed by atoms with Gasteiger partial charge in [0.2, 0.25) is 5.91 Å². The molecule has 0 aliphatic rings. The van der Waals surface area contributed by atoms with Gasteiger partial charge in [-0.1, -0.05) is 12.1 Å². The zero-order chi connectivity index (χ0) is 11.4. The van der Waals surface area contributed by atoms with E-state index in [1.807, 2.05) is 0 Å². The third-order valence-corrected chi connectivity index (χ3v) is 2.14. The Morgan fingerprint density at radius 1 is 1.38 bits per heavy atom. The number of aliphatic hydroxyl groups excluding tert-OH is 1. The average Bonchev–Trinajstić information content (AvgIpc) is 2.17. The maximum atomic E-state index is 10.8. The molecule has 5 heteroatoms. The highest BCUT2D eigenvalue weighted by Crippen LogP contribution is 2.17. The molecule has 90 valence electrons. The van der Waals surface area contributed by atoms with E-state index < -0.39 is 12.1 Å². The predicted molar refractivity (Wildman–Crippen MR) is 66.6 cm³/mol. The molecule has 16 heavy (non-hydrogen) atoms. The molecule has 0 aromatic heterocycles. The molecule has 0 fully saturated rings. The van der Waals surface area contributed by atoms with Crippen LogP contribution in [0.2, 0.25) is 0 Å². The van der Waals surface area contributed by atoms with E-state index in [-0.39, 0.29) is 18.3 Å². The number of rotatable bonds is 3. The average molecular weight is 245 g/mol. The number of benzene rings is 1. The van der Waals surface area contributed by atoms with E-state index >= 15 is 0 Å². The molecule has 4 N–H and O–H groups in total. The Morgan fingerprint density at radius 3 is 2.25 bits per heavy atom. The quantitative estimate of drug-likeness (QED) is 0.753. The minimum absolute atomic E-state index is 0. The second-order valence-corrected chi connectivity index (χ2v) is 3.57. The molecular weight excluding hydrogens is 228 g/mol. The van der Waals surface area contributed by atoms with Crippen LogP contribution in [0.15, 0.2) is 24.3 Å². The number of anilines is 1. The summed E-state index contributed by atoms with van der Waals surface area (Å²) in [7, 11) is 0. The first-order valence-electron chi connectivity index (χ1n) is 4.82. The lowest BCUT2D eigenvalue weighted by Crippen LogP contribution is -2.23. The second-order valence-electron chi connectivity index (χ2n) is 3.57. The first-order valence-corrected chi connectivity index (χ1v) is 4.82. The Bertz CT molecular complexity index is 338. The summed E-state index contributed by atoms with van der Waals surface area (Å²) in [6.07, 6.45) is -0.586. The molecule has 0 saturated carbocycles. The number of carbonyl (C=O) groups is 1. The highest BCUT2D eigenvalue weighted by molar-refractivity contribution is 5.88. The van der Waals surface area contributed by atoms with Gasteiger partial charge >= 0.3 is 0 Å². The van der Waals surface area contributed by atoms with Crippen molar-refractivity contribution in [3.8, 4) is 0 Å². The van der Waals surface area contributed by atoms with Crippen LogP contribution in [0.25, 0.3) is 0 Å². The Kier molecular flexibility index (Phi) is 6.03. The molecule has 1 rings (SSSR count). The Morgan fingerprint density at radius 2 is 1.88 bits per heavy atom. The minimum atomic E-state index is -0.586. The van der Waals surface area contributed by atoms with Crippen LogP contribution in [0.1, 0.15) is 25.5 Å². The zero-order valence-electron chi connectivity index (χ0n) is 9.31. The van der Waals surface area contributed by atoms with Gasteiger partial charge in [0.1, 0.15) is 0 Å². The number of aliphatic hydroxyl groups is 1. The van der Waals surface area contributed by atoms with Crippen LogP contribution in [0.5, 0.6) is 0 Å². The Hall–Kier alpha value is -1.10. The molecule has 1 aromatic rings. The van der Waals surface area contributed by atoms with Gasteiger partial charge in [-0.2, -0.15) is 0 Å². The first kappa shape index (κ1) is 14.9. The van der Waals surface area contributed by atoms with Crippen molar-refractivity contribution in [1.82, 2.24) is 0 Å². The molecule has 0 saturated heterocycles. The third kappa shape index (κ3) is 4.18. The molecule has 1 aromatic carbocycles. The van der Waals surface area contributed by atoms with Crippen molar-refractivity contribution in [1.29, 1.82) is 0 Å². The maximum absolute atomic E-state index is 10.8. The highest BCUT2D eigenvalue weighted by Gasteiger charge is 2.11. The van der Waals surface area contributed by atoms with Crippen LogP contribution in [-0.4, -0.2) is 17.1 Å². The van der Waals surface area contributed by atoms with Crippen LogP contribution in [-0.2, 0) is 4.79 Å². The van der Waals surface area contributed by atoms with Crippen molar-refractivity contribution in [2.24, 2.45) is 5.73 Å². The number of nitrogens with two attached hydrogens (primary N) is 1. The molecule has 4 nitrogen and oxygen atoms in total. The van der Waals surface area contributed by atoms with E-state index in [0.717, 1.165) is 11.3 Å².